The summed E-state index contributed by atoms with van der Waals surface area (Å²) in [5.41, 5.74) is 8.27. The van der Waals surface area contributed by atoms with E-state index in [-0.39, 0.29) is 24.9 Å². The van der Waals surface area contributed by atoms with Crippen molar-refractivity contribution >= 4 is 22.8 Å². The molecule has 0 atom stereocenters. The molecule has 0 aliphatic heterocycles. The first-order valence-electron chi connectivity index (χ1n) is 15.6. The van der Waals surface area contributed by atoms with Gasteiger partial charge in [-0.25, -0.2) is 0 Å². The Morgan fingerprint density at radius 1 is 0.773 bits per heavy atom. The van der Waals surface area contributed by atoms with Gasteiger partial charge in [-0.2, -0.15) is 0 Å². The maximum absolute atomic E-state index is 13.4. The second-order valence-corrected chi connectivity index (χ2v) is 11.9. The van der Waals surface area contributed by atoms with E-state index < -0.39 is 0 Å². The van der Waals surface area contributed by atoms with E-state index in [2.05, 4.69) is 52.8 Å². The van der Waals surface area contributed by atoms with Crippen LogP contribution in [0.2, 0.25) is 0 Å². The molecule has 1 heterocycles. The number of carbonyl (C=O) groups is 2. The summed E-state index contributed by atoms with van der Waals surface area (Å²) in [6, 6.07) is 14.7. The Bertz CT molecular complexity index is 1550. The van der Waals surface area contributed by atoms with Crippen molar-refractivity contribution in [2.24, 2.45) is 0 Å². The highest BCUT2D eigenvalue weighted by Crippen LogP contribution is 2.31. The van der Waals surface area contributed by atoms with Crippen LogP contribution < -0.4 is 4.74 Å². The monoisotopic (exact) mass is 595 g/mol. The van der Waals surface area contributed by atoms with Crippen molar-refractivity contribution in [1.29, 1.82) is 0 Å². The fourth-order valence-electron chi connectivity index (χ4n) is 5.24. The number of esters is 1. The molecule has 0 spiro atoms. The van der Waals surface area contributed by atoms with E-state index in [1.54, 1.807) is 23.8 Å². The predicted molar refractivity (Wildman–Crippen MR) is 182 cm³/mol. The van der Waals surface area contributed by atoms with E-state index in [1.165, 1.54) is 22.3 Å². The van der Waals surface area contributed by atoms with Crippen LogP contribution in [-0.2, 0) is 16.0 Å². The lowest BCUT2D eigenvalue weighted by Gasteiger charge is -2.08. The van der Waals surface area contributed by atoms with Crippen LogP contribution in [0.1, 0.15) is 94.8 Å². The zero-order valence-electron chi connectivity index (χ0n) is 27.7. The smallest absolute Gasteiger partial charge is 0.310 e. The van der Waals surface area contributed by atoms with Crippen molar-refractivity contribution in [2.75, 3.05) is 13.7 Å². The molecule has 3 rings (SSSR count). The minimum absolute atomic E-state index is 0.0717. The van der Waals surface area contributed by atoms with Crippen molar-refractivity contribution < 1.29 is 19.1 Å². The Balaban J connectivity index is 1.55. The van der Waals surface area contributed by atoms with Crippen LogP contribution in [0, 0.1) is 6.92 Å². The predicted octanol–water partition coefficient (Wildman–Crippen LogP) is 9.88. The van der Waals surface area contributed by atoms with Gasteiger partial charge in [0.1, 0.15) is 12.4 Å². The zero-order chi connectivity index (χ0) is 32.1. The lowest BCUT2D eigenvalue weighted by Crippen LogP contribution is -2.14. The minimum atomic E-state index is -0.328. The Kier molecular flexibility index (Phi) is 13.5. The molecule has 2 aromatic carbocycles. The lowest BCUT2D eigenvalue weighted by atomic mass is 10.0. The zero-order valence-corrected chi connectivity index (χ0v) is 27.7. The first-order chi connectivity index (χ1) is 21.1. The summed E-state index contributed by atoms with van der Waals surface area (Å²) >= 11 is 0. The highest BCUT2D eigenvalue weighted by atomic mass is 16.5. The molecule has 0 saturated carbocycles. The molecule has 0 unspecified atom stereocenters. The van der Waals surface area contributed by atoms with E-state index in [4.69, 9.17) is 9.47 Å². The highest BCUT2D eigenvalue weighted by molar-refractivity contribution is 6.05. The van der Waals surface area contributed by atoms with E-state index in [1.807, 2.05) is 49.4 Å². The summed E-state index contributed by atoms with van der Waals surface area (Å²) in [5, 5.41) is 0.811. The van der Waals surface area contributed by atoms with E-state index in [0.29, 0.717) is 11.3 Å². The summed E-state index contributed by atoms with van der Waals surface area (Å²) < 4.78 is 12.7. The first kappa shape index (κ1) is 34.4. The van der Waals surface area contributed by atoms with Crippen LogP contribution >= 0.6 is 0 Å². The van der Waals surface area contributed by atoms with Crippen LogP contribution in [0.15, 0.2) is 95.1 Å². The fourth-order valence-corrected chi connectivity index (χ4v) is 5.24. The number of benzene rings is 2. The summed E-state index contributed by atoms with van der Waals surface area (Å²) in [5.74, 6) is 0.203. The molecule has 5 heteroatoms. The van der Waals surface area contributed by atoms with Gasteiger partial charge in [-0.05, 0) is 122 Å². The molecule has 5 nitrogen and oxygen atoms in total. The summed E-state index contributed by atoms with van der Waals surface area (Å²) in [4.78, 5) is 26.4. The number of hydrogen-bond acceptors (Lipinski definition) is 4. The summed E-state index contributed by atoms with van der Waals surface area (Å²) in [7, 11) is 1.60. The normalized spacial score (nSPS) is 12.4. The Hall–Kier alpha value is -4.12. The first-order valence-corrected chi connectivity index (χ1v) is 15.6. The maximum Gasteiger partial charge on any atom is 0.310 e. The van der Waals surface area contributed by atoms with Crippen molar-refractivity contribution in [3.63, 3.8) is 0 Å². The Morgan fingerprint density at radius 3 is 1.95 bits per heavy atom. The largest absolute Gasteiger partial charge is 0.497 e. The Morgan fingerprint density at radius 2 is 1.36 bits per heavy atom. The molecule has 0 amide bonds. The molecule has 44 heavy (non-hydrogen) atoms. The maximum atomic E-state index is 13.4. The summed E-state index contributed by atoms with van der Waals surface area (Å²) in [6.45, 7) is 12.9. The molecular formula is C39H49NO4. The van der Waals surface area contributed by atoms with Gasteiger partial charge in [-0.1, -0.05) is 58.7 Å². The number of carbonyl (C=O) groups excluding carboxylic acids is 2. The number of ether oxygens (including phenoxy) is 2. The number of fused-ring (bicyclic) bond motifs is 1. The van der Waals surface area contributed by atoms with Gasteiger partial charge in [0.15, 0.2) is 0 Å². The highest BCUT2D eigenvalue weighted by Gasteiger charge is 2.22. The molecular weight excluding hydrogens is 546 g/mol. The number of nitrogens with zero attached hydrogens (tertiary/aromatic N) is 1. The van der Waals surface area contributed by atoms with Gasteiger partial charge in [0.05, 0.1) is 19.0 Å². The van der Waals surface area contributed by atoms with Crippen LogP contribution in [0.25, 0.3) is 10.9 Å². The molecule has 0 aliphatic carbocycles. The number of methoxy groups -OCH3 is 1. The van der Waals surface area contributed by atoms with Crippen molar-refractivity contribution in [2.45, 2.75) is 86.5 Å². The topological polar surface area (TPSA) is 57.5 Å². The molecule has 1 aromatic heterocycles. The number of allylic oxidation sites excluding steroid dienone is 7. The van der Waals surface area contributed by atoms with Crippen LogP contribution in [0.3, 0.4) is 0 Å². The van der Waals surface area contributed by atoms with Crippen molar-refractivity contribution in [1.82, 2.24) is 4.57 Å². The number of rotatable bonds is 15. The minimum Gasteiger partial charge on any atom is -0.497 e. The third-order valence-electron chi connectivity index (χ3n) is 7.92. The molecule has 0 radical (unpaired) electrons. The van der Waals surface area contributed by atoms with Gasteiger partial charge in [0.2, 0.25) is 0 Å². The van der Waals surface area contributed by atoms with Crippen LogP contribution in [0.5, 0.6) is 5.75 Å². The van der Waals surface area contributed by atoms with Crippen molar-refractivity contribution in [3.8, 4) is 5.75 Å². The average Bonchev–Trinajstić information content (AvgIpc) is 3.26. The summed E-state index contributed by atoms with van der Waals surface area (Å²) in [6.07, 6.45) is 15.4. The SMILES string of the molecule is COc1ccc2c(c1)c(CC(=O)OC/C=C(\C)CC/C=C(\C)CC/C=C(\C)CCC=C(C)C)c(C)n2C(=O)c1ccccc1. The standard InChI is InChI=1S/C39H49NO4/c1-28(2)14-11-15-29(3)16-12-17-30(4)18-13-19-31(5)24-25-44-38(41)27-35-32(6)40(39(42)33-20-9-8-10-21-33)37-23-22-34(43-7)26-36(35)37/h8-10,14,16,18,20-24,26H,11-13,15,17,19,25,27H2,1-7H3/b29-16+,30-18+,31-24+. The van der Waals surface area contributed by atoms with Gasteiger partial charge in [-0.15, -0.1) is 0 Å². The molecule has 3 aromatic rings. The molecule has 0 saturated heterocycles. The van der Waals surface area contributed by atoms with Gasteiger partial charge in [0.25, 0.3) is 5.91 Å². The second kappa shape index (κ2) is 17.2. The molecule has 0 fully saturated rings. The molecule has 0 N–H and O–H groups in total. The van der Waals surface area contributed by atoms with E-state index in [0.717, 1.165) is 60.7 Å². The lowest BCUT2D eigenvalue weighted by molar-refractivity contribution is -0.141. The third kappa shape index (κ3) is 10.3. The number of aromatic nitrogens is 1. The molecule has 0 aliphatic rings. The average molecular weight is 596 g/mol. The molecule has 234 valence electrons. The molecule has 0 bridgehead atoms. The Labute approximate surface area is 264 Å². The second-order valence-electron chi connectivity index (χ2n) is 11.9. The van der Waals surface area contributed by atoms with Crippen LogP contribution in [-0.4, -0.2) is 30.2 Å². The quantitative estimate of drug-likeness (QED) is 0.130. The van der Waals surface area contributed by atoms with E-state index >= 15 is 0 Å². The fraction of sp³-hybridized carbons (Fsp3) is 0.385. The third-order valence-corrected chi connectivity index (χ3v) is 7.92. The van der Waals surface area contributed by atoms with Gasteiger partial charge in [-0.3, -0.25) is 14.2 Å². The van der Waals surface area contributed by atoms with Crippen molar-refractivity contribution in [3.05, 3.63) is 112 Å². The van der Waals surface area contributed by atoms with Gasteiger partial charge >= 0.3 is 5.97 Å². The van der Waals surface area contributed by atoms with Crippen LogP contribution in [0.4, 0.5) is 0 Å². The van der Waals surface area contributed by atoms with Gasteiger partial charge < -0.3 is 9.47 Å². The van der Waals surface area contributed by atoms with Gasteiger partial charge in [0, 0.05) is 16.6 Å². The van der Waals surface area contributed by atoms with E-state index in [9.17, 15) is 9.59 Å². The number of hydrogen-bond donors (Lipinski definition) is 0.